The van der Waals surface area contributed by atoms with Gasteiger partial charge in [-0.15, -0.1) is 0 Å². The molecular weight excluding hydrogens is 202 g/mol. The lowest BCUT2D eigenvalue weighted by Gasteiger charge is -2.06. The molecule has 2 rings (SSSR count). The summed E-state index contributed by atoms with van der Waals surface area (Å²) in [5.41, 5.74) is 8.85. The Morgan fingerprint density at radius 1 is 1.31 bits per heavy atom. The van der Waals surface area contributed by atoms with Gasteiger partial charge in [-0.2, -0.15) is 5.10 Å². The van der Waals surface area contributed by atoms with Crippen LogP contribution in [0.15, 0.2) is 30.6 Å². The number of methoxy groups -OCH3 is 1. The summed E-state index contributed by atoms with van der Waals surface area (Å²) in [5.74, 6) is 0.821. The van der Waals surface area contributed by atoms with E-state index >= 15 is 0 Å². The van der Waals surface area contributed by atoms with Gasteiger partial charge in [-0.3, -0.25) is 4.68 Å². The highest BCUT2D eigenvalue weighted by Crippen LogP contribution is 2.25. The van der Waals surface area contributed by atoms with Crippen LogP contribution in [0.2, 0.25) is 0 Å². The van der Waals surface area contributed by atoms with Crippen LogP contribution < -0.4 is 10.5 Å². The van der Waals surface area contributed by atoms with E-state index < -0.39 is 0 Å². The molecule has 2 aromatic rings. The fourth-order valence-corrected chi connectivity index (χ4v) is 1.63. The maximum absolute atomic E-state index is 5.65. The second-order valence-electron chi connectivity index (χ2n) is 3.68. The first kappa shape index (κ1) is 10.7. The summed E-state index contributed by atoms with van der Waals surface area (Å²) in [7, 11) is 3.55. The minimum Gasteiger partial charge on any atom is -0.497 e. The van der Waals surface area contributed by atoms with Gasteiger partial charge in [0.15, 0.2) is 0 Å². The Morgan fingerprint density at radius 3 is 2.69 bits per heavy atom. The average Bonchev–Trinajstić information content (AvgIpc) is 2.75. The predicted octanol–water partition coefficient (Wildman–Crippen LogP) is 1.55. The van der Waals surface area contributed by atoms with E-state index in [0.717, 1.165) is 22.4 Å². The standard InChI is InChI=1S/C12H15N3O/c1-15-8-11(7-14-15)10-3-9(6-13)4-12(5-10)16-2/h3-5,7-8H,6,13H2,1-2H3. The first-order valence-electron chi connectivity index (χ1n) is 5.10. The lowest BCUT2D eigenvalue weighted by Crippen LogP contribution is -1.97. The molecular formula is C12H15N3O. The van der Waals surface area contributed by atoms with E-state index in [0.29, 0.717) is 6.54 Å². The van der Waals surface area contributed by atoms with Crippen LogP contribution in [-0.4, -0.2) is 16.9 Å². The van der Waals surface area contributed by atoms with Crippen LogP contribution in [0.25, 0.3) is 11.1 Å². The molecule has 1 aromatic carbocycles. The molecule has 0 aliphatic heterocycles. The fraction of sp³-hybridized carbons (Fsp3) is 0.250. The Balaban J connectivity index is 2.47. The Morgan fingerprint density at radius 2 is 2.12 bits per heavy atom. The Hall–Kier alpha value is -1.81. The maximum atomic E-state index is 5.65. The van der Waals surface area contributed by atoms with Crippen molar-refractivity contribution >= 4 is 0 Å². The Labute approximate surface area is 94.6 Å². The summed E-state index contributed by atoms with van der Waals surface area (Å²) in [6.45, 7) is 0.504. The van der Waals surface area contributed by atoms with Gasteiger partial charge in [0.05, 0.1) is 13.3 Å². The molecule has 0 radical (unpaired) electrons. The van der Waals surface area contributed by atoms with Crippen molar-refractivity contribution < 1.29 is 4.74 Å². The van der Waals surface area contributed by atoms with Crippen molar-refractivity contribution in [2.45, 2.75) is 6.54 Å². The molecule has 0 aliphatic rings. The van der Waals surface area contributed by atoms with Crippen molar-refractivity contribution in [1.82, 2.24) is 9.78 Å². The van der Waals surface area contributed by atoms with E-state index in [1.54, 1.807) is 11.8 Å². The zero-order chi connectivity index (χ0) is 11.5. The van der Waals surface area contributed by atoms with Crippen LogP contribution in [0.5, 0.6) is 5.75 Å². The van der Waals surface area contributed by atoms with Gasteiger partial charge in [0.2, 0.25) is 0 Å². The molecule has 0 unspecified atom stereocenters. The predicted molar refractivity (Wildman–Crippen MR) is 63.1 cm³/mol. The lowest BCUT2D eigenvalue weighted by molar-refractivity contribution is 0.414. The summed E-state index contributed by atoms with van der Waals surface area (Å²) < 4.78 is 7.02. The molecule has 0 spiro atoms. The monoisotopic (exact) mass is 217 g/mol. The van der Waals surface area contributed by atoms with Crippen LogP contribution >= 0.6 is 0 Å². The van der Waals surface area contributed by atoms with Crippen LogP contribution in [0.1, 0.15) is 5.56 Å². The molecule has 4 heteroatoms. The Bertz CT molecular complexity index is 469. The smallest absolute Gasteiger partial charge is 0.119 e. The van der Waals surface area contributed by atoms with Crippen LogP contribution in [0.4, 0.5) is 0 Å². The highest BCUT2D eigenvalue weighted by molar-refractivity contribution is 5.64. The van der Waals surface area contributed by atoms with Gasteiger partial charge in [0.25, 0.3) is 0 Å². The van der Waals surface area contributed by atoms with Gasteiger partial charge < -0.3 is 10.5 Å². The Kier molecular flexibility index (Phi) is 2.92. The molecule has 0 fully saturated rings. The normalized spacial score (nSPS) is 10.4. The van der Waals surface area contributed by atoms with E-state index in [2.05, 4.69) is 11.2 Å². The van der Waals surface area contributed by atoms with Gasteiger partial charge in [-0.25, -0.2) is 0 Å². The number of nitrogens with two attached hydrogens (primary N) is 1. The topological polar surface area (TPSA) is 53.1 Å². The van der Waals surface area contributed by atoms with Gasteiger partial charge in [0, 0.05) is 25.4 Å². The molecule has 0 saturated carbocycles. The van der Waals surface area contributed by atoms with Crippen molar-refractivity contribution in [2.24, 2.45) is 12.8 Å². The van der Waals surface area contributed by atoms with Crippen molar-refractivity contribution in [3.63, 3.8) is 0 Å². The summed E-state index contributed by atoms with van der Waals surface area (Å²) in [6, 6.07) is 5.98. The number of nitrogens with zero attached hydrogens (tertiary/aromatic N) is 2. The van der Waals surface area contributed by atoms with Gasteiger partial charge >= 0.3 is 0 Å². The number of hydrogen-bond acceptors (Lipinski definition) is 3. The van der Waals surface area contributed by atoms with Crippen molar-refractivity contribution in [3.8, 4) is 16.9 Å². The highest BCUT2D eigenvalue weighted by Gasteiger charge is 2.04. The number of benzene rings is 1. The first-order valence-corrected chi connectivity index (χ1v) is 5.10. The minimum absolute atomic E-state index is 0.504. The van der Waals surface area contributed by atoms with E-state index in [4.69, 9.17) is 10.5 Å². The third kappa shape index (κ3) is 2.06. The molecule has 1 aromatic heterocycles. The van der Waals surface area contributed by atoms with Crippen molar-refractivity contribution in [1.29, 1.82) is 0 Å². The molecule has 84 valence electrons. The minimum atomic E-state index is 0.504. The third-order valence-corrected chi connectivity index (χ3v) is 2.48. The van der Waals surface area contributed by atoms with E-state index in [1.807, 2.05) is 31.6 Å². The fourth-order valence-electron chi connectivity index (χ4n) is 1.63. The van der Waals surface area contributed by atoms with Crippen LogP contribution in [0, 0.1) is 0 Å². The molecule has 16 heavy (non-hydrogen) atoms. The largest absolute Gasteiger partial charge is 0.497 e. The molecule has 0 bridgehead atoms. The summed E-state index contributed by atoms with van der Waals surface area (Å²) >= 11 is 0. The summed E-state index contributed by atoms with van der Waals surface area (Å²) in [4.78, 5) is 0. The first-order chi connectivity index (χ1) is 7.72. The molecule has 4 nitrogen and oxygen atoms in total. The molecule has 0 atom stereocenters. The third-order valence-electron chi connectivity index (χ3n) is 2.48. The molecule has 0 amide bonds. The second kappa shape index (κ2) is 4.37. The zero-order valence-electron chi connectivity index (χ0n) is 9.47. The molecule has 0 aliphatic carbocycles. The number of rotatable bonds is 3. The second-order valence-corrected chi connectivity index (χ2v) is 3.68. The average molecular weight is 217 g/mol. The van der Waals surface area contributed by atoms with E-state index in [1.165, 1.54) is 0 Å². The van der Waals surface area contributed by atoms with E-state index in [9.17, 15) is 0 Å². The SMILES string of the molecule is COc1cc(CN)cc(-c2cnn(C)c2)c1. The van der Waals surface area contributed by atoms with Crippen LogP contribution in [0.3, 0.4) is 0 Å². The van der Waals surface area contributed by atoms with Gasteiger partial charge in [0.1, 0.15) is 5.75 Å². The quantitative estimate of drug-likeness (QED) is 0.848. The number of aromatic nitrogens is 2. The number of aryl methyl sites for hydroxylation is 1. The van der Waals surface area contributed by atoms with E-state index in [-0.39, 0.29) is 0 Å². The highest BCUT2D eigenvalue weighted by atomic mass is 16.5. The number of ether oxygens (including phenoxy) is 1. The number of hydrogen-bond donors (Lipinski definition) is 1. The molecule has 2 N–H and O–H groups in total. The molecule has 1 heterocycles. The lowest BCUT2D eigenvalue weighted by atomic mass is 10.1. The van der Waals surface area contributed by atoms with Gasteiger partial charge in [-0.1, -0.05) is 0 Å². The summed E-state index contributed by atoms with van der Waals surface area (Å²) in [5, 5.41) is 4.15. The van der Waals surface area contributed by atoms with Crippen molar-refractivity contribution in [3.05, 3.63) is 36.2 Å². The van der Waals surface area contributed by atoms with Crippen molar-refractivity contribution in [2.75, 3.05) is 7.11 Å². The zero-order valence-corrected chi connectivity index (χ0v) is 9.47. The summed E-state index contributed by atoms with van der Waals surface area (Å²) in [6.07, 6.45) is 3.80. The van der Waals surface area contributed by atoms with Crippen LogP contribution in [-0.2, 0) is 13.6 Å². The van der Waals surface area contributed by atoms with Gasteiger partial charge in [-0.05, 0) is 29.3 Å². The molecule has 0 saturated heterocycles. The maximum Gasteiger partial charge on any atom is 0.119 e.